The number of hydrogen-bond acceptors (Lipinski definition) is 2. The first-order chi connectivity index (χ1) is 14.6. The molecule has 5 rings (SSSR count). The number of piperidine rings is 1. The van der Waals surface area contributed by atoms with E-state index in [-0.39, 0.29) is 11.8 Å². The van der Waals surface area contributed by atoms with Crippen LogP contribution in [0.15, 0.2) is 48.5 Å². The van der Waals surface area contributed by atoms with E-state index in [1.807, 2.05) is 18.2 Å². The number of anilines is 1. The summed E-state index contributed by atoms with van der Waals surface area (Å²) in [6.45, 7) is 2.45. The third-order valence-corrected chi connectivity index (χ3v) is 7.24. The minimum atomic E-state index is 0.0333. The summed E-state index contributed by atoms with van der Waals surface area (Å²) in [5.74, 6) is 0.162. The highest BCUT2D eigenvalue weighted by atomic mass is 35.5. The summed E-state index contributed by atoms with van der Waals surface area (Å²) in [5, 5.41) is 7.13. The molecule has 1 N–H and O–H groups in total. The minimum absolute atomic E-state index is 0.0333. The molecule has 3 nitrogen and oxygen atoms in total. The number of amides is 1. The molecule has 3 aromatic rings. The SMILES string of the molecule is O=C(Nc1ccc2c3c(cccc13)CC2)C1CCN(Cc2c(Cl)cccc2Cl)CC1. The molecular formula is C25H24Cl2N2O. The first-order valence-electron chi connectivity index (χ1n) is 10.6. The number of nitrogens with zero attached hydrogens (tertiary/aromatic N) is 1. The van der Waals surface area contributed by atoms with Crippen molar-refractivity contribution < 1.29 is 4.79 Å². The van der Waals surface area contributed by atoms with Gasteiger partial charge in [-0.2, -0.15) is 0 Å². The molecule has 0 unspecified atom stereocenters. The van der Waals surface area contributed by atoms with Crippen LogP contribution in [0, 0.1) is 5.92 Å². The van der Waals surface area contributed by atoms with Crippen molar-refractivity contribution in [1.29, 1.82) is 0 Å². The Bertz CT molecular complexity index is 1090. The van der Waals surface area contributed by atoms with Gasteiger partial charge in [-0.3, -0.25) is 9.69 Å². The van der Waals surface area contributed by atoms with Crippen molar-refractivity contribution in [2.75, 3.05) is 18.4 Å². The molecule has 0 atom stereocenters. The maximum Gasteiger partial charge on any atom is 0.227 e. The fourth-order valence-corrected chi connectivity index (χ4v) is 5.37. The van der Waals surface area contributed by atoms with Crippen LogP contribution in [-0.4, -0.2) is 23.9 Å². The Balaban J connectivity index is 1.25. The molecule has 0 radical (unpaired) electrons. The number of likely N-dealkylation sites (tertiary alicyclic amines) is 1. The van der Waals surface area contributed by atoms with Gasteiger partial charge in [0.25, 0.3) is 0 Å². The van der Waals surface area contributed by atoms with E-state index in [0.29, 0.717) is 10.0 Å². The molecule has 3 aromatic carbocycles. The number of benzene rings is 3. The molecule has 5 heteroatoms. The van der Waals surface area contributed by atoms with E-state index < -0.39 is 0 Å². The smallest absolute Gasteiger partial charge is 0.227 e. The largest absolute Gasteiger partial charge is 0.325 e. The van der Waals surface area contributed by atoms with Crippen molar-refractivity contribution >= 4 is 45.6 Å². The molecule has 0 saturated carbocycles. The van der Waals surface area contributed by atoms with Crippen LogP contribution in [0.5, 0.6) is 0 Å². The van der Waals surface area contributed by atoms with E-state index in [2.05, 4.69) is 40.5 Å². The minimum Gasteiger partial charge on any atom is -0.325 e. The van der Waals surface area contributed by atoms with Gasteiger partial charge >= 0.3 is 0 Å². The predicted octanol–water partition coefficient (Wildman–Crippen LogP) is 6.10. The summed E-state index contributed by atoms with van der Waals surface area (Å²) in [5.41, 5.74) is 4.69. The topological polar surface area (TPSA) is 32.3 Å². The molecule has 30 heavy (non-hydrogen) atoms. The summed E-state index contributed by atoms with van der Waals surface area (Å²) < 4.78 is 0. The third kappa shape index (κ3) is 3.71. The van der Waals surface area contributed by atoms with Crippen LogP contribution in [0.2, 0.25) is 10.0 Å². The average molecular weight is 439 g/mol. The Morgan fingerprint density at radius 1 is 0.933 bits per heavy atom. The van der Waals surface area contributed by atoms with Gasteiger partial charge in [0.05, 0.1) is 0 Å². The zero-order valence-electron chi connectivity index (χ0n) is 16.8. The van der Waals surface area contributed by atoms with Crippen molar-refractivity contribution in [3.05, 3.63) is 75.3 Å². The van der Waals surface area contributed by atoms with Gasteiger partial charge in [0, 0.05) is 39.1 Å². The fraction of sp³-hybridized carbons (Fsp3) is 0.320. The van der Waals surface area contributed by atoms with Gasteiger partial charge in [0.1, 0.15) is 0 Å². The summed E-state index contributed by atoms with van der Waals surface area (Å²) in [6.07, 6.45) is 3.88. The van der Waals surface area contributed by atoms with Crippen molar-refractivity contribution in [3.63, 3.8) is 0 Å². The predicted molar refractivity (Wildman–Crippen MR) is 124 cm³/mol. The zero-order valence-corrected chi connectivity index (χ0v) is 18.3. The third-order valence-electron chi connectivity index (χ3n) is 6.54. The zero-order chi connectivity index (χ0) is 20.7. The Morgan fingerprint density at radius 3 is 2.33 bits per heavy atom. The molecule has 1 heterocycles. The average Bonchev–Trinajstić information content (AvgIpc) is 3.18. The number of carbonyl (C=O) groups excluding carboxylic acids is 1. The molecule has 1 aliphatic heterocycles. The Morgan fingerprint density at radius 2 is 1.60 bits per heavy atom. The number of aryl methyl sites for hydroxylation is 2. The van der Waals surface area contributed by atoms with E-state index in [1.54, 1.807) is 0 Å². The second-order valence-corrected chi connectivity index (χ2v) is 9.17. The highest BCUT2D eigenvalue weighted by molar-refractivity contribution is 6.35. The fourth-order valence-electron chi connectivity index (χ4n) is 4.85. The van der Waals surface area contributed by atoms with Crippen molar-refractivity contribution in [3.8, 4) is 0 Å². The van der Waals surface area contributed by atoms with Crippen molar-refractivity contribution in [2.45, 2.75) is 32.2 Å². The van der Waals surface area contributed by atoms with E-state index in [4.69, 9.17) is 23.2 Å². The monoisotopic (exact) mass is 438 g/mol. The normalized spacial score (nSPS) is 16.9. The van der Waals surface area contributed by atoms with Gasteiger partial charge in [0.2, 0.25) is 5.91 Å². The lowest BCUT2D eigenvalue weighted by molar-refractivity contribution is -0.121. The van der Waals surface area contributed by atoms with Crippen LogP contribution >= 0.6 is 23.2 Å². The summed E-state index contributed by atoms with van der Waals surface area (Å²) >= 11 is 12.6. The van der Waals surface area contributed by atoms with Crippen molar-refractivity contribution in [2.24, 2.45) is 5.92 Å². The lowest BCUT2D eigenvalue weighted by atomic mass is 9.95. The van der Waals surface area contributed by atoms with Crippen LogP contribution in [0.1, 0.15) is 29.5 Å². The second kappa shape index (κ2) is 8.22. The van der Waals surface area contributed by atoms with E-state index in [0.717, 1.165) is 56.6 Å². The summed E-state index contributed by atoms with van der Waals surface area (Å²) in [4.78, 5) is 15.3. The van der Waals surface area contributed by atoms with Gasteiger partial charge in [0.15, 0.2) is 0 Å². The number of hydrogen-bond donors (Lipinski definition) is 1. The van der Waals surface area contributed by atoms with Crippen LogP contribution in [0.25, 0.3) is 10.8 Å². The van der Waals surface area contributed by atoms with E-state index >= 15 is 0 Å². The van der Waals surface area contributed by atoms with Crippen LogP contribution in [0.4, 0.5) is 5.69 Å². The standard InChI is InChI=1S/C25H24Cl2N2O/c26-21-5-2-6-22(27)20(21)15-29-13-11-18(12-14-29)25(30)28-23-10-9-17-8-7-16-3-1-4-19(23)24(16)17/h1-6,9-10,18H,7-8,11-15H2,(H,28,30). The number of halogens is 2. The summed E-state index contributed by atoms with van der Waals surface area (Å²) in [7, 11) is 0. The summed E-state index contributed by atoms with van der Waals surface area (Å²) in [6, 6.07) is 16.3. The maximum atomic E-state index is 13.0. The first kappa shape index (κ1) is 19.9. The van der Waals surface area contributed by atoms with Crippen LogP contribution in [0.3, 0.4) is 0 Å². The number of nitrogens with one attached hydrogen (secondary N) is 1. The van der Waals surface area contributed by atoms with Gasteiger partial charge in [-0.15, -0.1) is 0 Å². The Hall–Kier alpha value is -2.07. The molecule has 1 aliphatic carbocycles. The molecule has 154 valence electrons. The highest BCUT2D eigenvalue weighted by Crippen LogP contribution is 2.35. The first-order valence-corrected chi connectivity index (χ1v) is 11.4. The molecule has 1 saturated heterocycles. The molecule has 0 aromatic heterocycles. The van der Waals surface area contributed by atoms with Crippen molar-refractivity contribution in [1.82, 2.24) is 4.90 Å². The molecule has 0 spiro atoms. The van der Waals surface area contributed by atoms with Gasteiger partial charge in [-0.05, 0) is 73.5 Å². The van der Waals surface area contributed by atoms with Gasteiger partial charge in [-0.1, -0.05) is 53.5 Å². The molecule has 0 bridgehead atoms. The van der Waals surface area contributed by atoms with Crippen LogP contribution in [-0.2, 0) is 24.2 Å². The molecule has 2 aliphatic rings. The van der Waals surface area contributed by atoms with Crippen LogP contribution < -0.4 is 5.32 Å². The molecular weight excluding hydrogens is 415 g/mol. The number of rotatable bonds is 4. The lowest BCUT2D eigenvalue weighted by Crippen LogP contribution is -2.37. The molecule has 1 fully saturated rings. The van der Waals surface area contributed by atoms with Gasteiger partial charge in [-0.25, -0.2) is 0 Å². The Kier molecular flexibility index (Phi) is 5.44. The maximum absolute atomic E-state index is 13.0. The second-order valence-electron chi connectivity index (χ2n) is 8.35. The quantitative estimate of drug-likeness (QED) is 0.533. The Labute approximate surface area is 187 Å². The van der Waals surface area contributed by atoms with Gasteiger partial charge < -0.3 is 5.32 Å². The number of carbonyl (C=O) groups is 1. The highest BCUT2D eigenvalue weighted by Gasteiger charge is 2.26. The van der Waals surface area contributed by atoms with E-state index in [9.17, 15) is 4.79 Å². The van der Waals surface area contributed by atoms with E-state index in [1.165, 1.54) is 21.9 Å². The lowest BCUT2D eigenvalue weighted by Gasteiger charge is -2.31. The molecule has 1 amide bonds.